The zero-order chi connectivity index (χ0) is 14.6. The molecule has 4 aliphatic rings. The molecule has 0 radical (unpaired) electrons. The zero-order valence-electron chi connectivity index (χ0n) is 12.0. The first-order valence-electron chi connectivity index (χ1n) is 7.90. The molecule has 0 saturated carbocycles. The fourth-order valence-corrected chi connectivity index (χ4v) is 5.56. The first-order valence-corrected chi connectivity index (χ1v) is 7.90. The molecule has 4 heterocycles. The molecule has 108 valence electrons. The third kappa shape index (κ3) is 0.901. The van der Waals surface area contributed by atoms with Gasteiger partial charge in [0.2, 0.25) is 5.91 Å². The first kappa shape index (κ1) is 11.2. The van der Waals surface area contributed by atoms with E-state index < -0.39 is 0 Å². The first-order chi connectivity index (χ1) is 10.7. The van der Waals surface area contributed by atoms with Gasteiger partial charge in [-0.25, -0.2) is 0 Å². The van der Waals surface area contributed by atoms with E-state index in [0.29, 0.717) is 0 Å². The van der Waals surface area contributed by atoms with E-state index >= 15 is 0 Å². The lowest BCUT2D eigenvalue weighted by Crippen LogP contribution is -2.41. The minimum absolute atomic E-state index is 0.0234. The lowest BCUT2D eigenvalue weighted by molar-refractivity contribution is -0.129. The Kier molecular flexibility index (Phi) is 1.63. The number of fused-ring (bicyclic) bond motifs is 4. The van der Waals surface area contributed by atoms with Gasteiger partial charge in [-0.15, -0.1) is 0 Å². The molecule has 1 spiro atoms. The number of rotatable bonds is 0. The van der Waals surface area contributed by atoms with Crippen LogP contribution >= 0.6 is 0 Å². The summed E-state index contributed by atoms with van der Waals surface area (Å²) < 4.78 is 1.88. The van der Waals surface area contributed by atoms with Gasteiger partial charge in [0.05, 0.1) is 17.0 Å². The molecule has 1 amide bonds. The van der Waals surface area contributed by atoms with Crippen molar-refractivity contribution >= 4 is 5.91 Å². The number of pyridine rings is 1. The van der Waals surface area contributed by atoms with E-state index in [-0.39, 0.29) is 28.8 Å². The number of hydrogen-bond acceptors (Lipinski definition) is 2. The summed E-state index contributed by atoms with van der Waals surface area (Å²) >= 11 is 0. The predicted molar refractivity (Wildman–Crippen MR) is 80.3 cm³/mol. The molecule has 1 aromatic carbocycles. The summed E-state index contributed by atoms with van der Waals surface area (Å²) in [5, 5.41) is 0. The van der Waals surface area contributed by atoms with Crippen LogP contribution < -0.4 is 5.56 Å². The maximum absolute atomic E-state index is 12.7. The highest BCUT2D eigenvalue weighted by Crippen LogP contribution is 2.61. The lowest BCUT2D eigenvalue weighted by Gasteiger charge is -2.36. The maximum atomic E-state index is 12.7. The molecule has 1 aromatic heterocycles. The van der Waals surface area contributed by atoms with Crippen molar-refractivity contribution in [1.29, 1.82) is 0 Å². The van der Waals surface area contributed by atoms with Crippen LogP contribution in [-0.2, 0) is 10.2 Å². The molecule has 3 atom stereocenters. The average Bonchev–Trinajstić information content (AvgIpc) is 3.15. The summed E-state index contributed by atoms with van der Waals surface area (Å²) in [6, 6.07) is 12.0. The maximum Gasteiger partial charge on any atom is 0.255 e. The molecule has 2 aromatic rings. The van der Waals surface area contributed by atoms with Gasteiger partial charge in [-0.05, 0) is 30.0 Å². The number of benzene rings is 1. The van der Waals surface area contributed by atoms with Gasteiger partial charge in [-0.1, -0.05) is 24.3 Å². The Morgan fingerprint density at radius 1 is 1.09 bits per heavy atom. The van der Waals surface area contributed by atoms with Gasteiger partial charge in [0.25, 0.3) is 5.56 Å². The fraction of sp³-hybridized carbons (Fsp3) is 0.333. The van der Waals surface area contributed by atoms with Gasteiger partial charge in [-0.2, -0.15) is 0 Å². The normalized spacial score (nSPS) is 32.4. The van der Waals surface area contributed by atoms with E-state index in [1.807, 2.05) is 22.8 Å². The molecular weight excluding hydrogens is 276 g/mol. The van der Waals surface area contributed by atoms with Gasteiger partial charge >= 0.3 is 0 Å². The number of para-hydroxylation sites is 1. The SMILES string of the molecule is O=C1[C@@H]2C[C@@H]3N1CC[C@]31c3ccccc3-n3c1c2ccc3=O. The summed E-state index contributed by atoms with van der Waals surface area (Å²) in [4.78, 5) is 27.4. The standard InChI is InChI=1S/C18H14N2O2/c21-15-6-5-10-11-9-14-18(7-8-19(14)17(11)22)12-3-1-2-4-13(12)20(15)16(10)18/h1-6,11,14H,7-9H2/t11-,14+,18+/m1/s1. The molecule has 2 fully saturated rings. The Morgan fingerprint density at radius 2 is 1.95 bits per heavy atom. The Balaban J connectivity index is 1.87. The number of carbonyl (C=O) groups excluding carboxylic acids is 1. The summed E-state index contributed by atoms with van der Waals surface area (Å²) in [7, 11) is 0. The van der Waals surface area contributed by atoms with Gasteiger partial charge in [-0.3, -0.25) is 14.2 Å². The van der Waals surface area contributed by atoms with E-state index in [1.54, 1.807) is 6.07 Å². The van der Waals surface area contributed by atoms with Crippen molar-refractivity contribution in [2.45, 2.75) is 30.2 Å². The third-order valence-corrected chi connectivity index (χ3v) is 6.28. The highest BCUT2D eigenvalue weighted by molar-refractivity contribution is 5.90. The number of amides is 1. The Hall–Kier alpha value is -2.36. The molecule has 22 heavy (non-hydrogen) atoms. The van der Waals surface area contributed by atoms with Crippen LogP contribution in [0, 0.1) is 0 Å². The largest absolute Gasteiger partial charge is 0.338 e. The topological polar surface area (TPSA) is 42.3 Å². The average molecular weight is 290 g/mol. The molecule has 4 heteroatoms. The van der Waals surface area contributed by atoms with Crippen LogP contribution in [0.5, 0.6) is 0 Å². The summed E-state index contributed by atoms with van der Waals surface area (Å²) in [5.41, 5.74) is 4.31. The summed E-state index contributed by atoms with van der Waals surface area (Å²) in [6.07, 6.45) is 1.84. The highest BCUT2D eigenvalue weighted by Gasteiger charge is 2.65. The van der Waals surface area contributed by atoms with Gasteiger partial charge in [0.1, 0.15) is 0 Å². The number of hydrogen-bond donors (Lipinski definition) is 0. The fourth-order valence-electron chi connectivity index (χ4n) is 5.56. The molecular formula is C18H14N2O2. The van der Waals surface area contributed by atoms with Gasteiger partial charge in [0.15, 0.2) is 0 Å². The van der Waals surface area contributed by atoms with Crippen molar-refractivity contribution in [2.75, 3.05) is 6.54 Å². The van der Waals surface area contributed by atoms with Crippen LogP contribution in [0.1, 0.15) is 35.6 Å². The molecule has 1 aliphatic carbocycles. The van der Waals surface area contributed by atoms with Crippen LogP contribution in [0.2, 0.25) is 0 Å². The van der Waals surface area contributed by atoms with E-state index in [9.17, 15) is 9.59 Å². The second-order valence-electron chi connectivity index (χ2n) is 6.89. The van der Waals surface area contributed by atoms with Crippen molar-refractivity contribution in [1.82, 2.24) is 9.47 Å². The van der Waals surface area contributed by atoms with Crippen LogP contribution in [0.15, 0.2) is 41.2 Å². The zero-order valence-corrected chi connectivity index (χ0v) is 12.0. The number of carbonyl (C=O) groups is 1. The van der Waals surface area contributed by atoms with Crippen LogP contribution in [0.4, 0.5) is 0 Å². The van der Waals surface area contributed by atoms with Gasteiger partial charge < -0.3 is 4.90 Å². The summed E-state index contributed by atoms with van der Waals surface area (Å²) in [6.45, 7) is 0.816. The van der Waals surface area contributed by atoms with Crippen molar-refractivity contribution in [3.63, 3.8) is 0 Å². The minimum Gasteiger partial charge on any atom is -0.338 e. The molecule has 3 aliphatic heterocycles. The monoisotopic (exact) mass is 290 g/mol. The quantitative estimate of drug-likeness (QED) is 0.738. The smallest absolute Gasteiger partial charge is 0.255 e. The molecule has 2 saturated heterocycles. The summed E-state index contributed by atoms with van der Waals surface area (Å²) in [5.74, 6) is 0.213. The van der Waals surface area contributed by atoms with Crippen molar-refractivity contribution < 1.29 is 4.79 Å². The number of nitrogens with zero attached hydrogens (tertiary/aromatic N) is 2. The second-order valence-corrected chi connectivity index (χ2v) is 6.89. The lowest BCUT2D eigenvalue weighted by atomic mass is 9.65. The Morgan fingerprint density at radius 3 is 2.86 bits per heavy atom. The predicted octanol–water partition coefficient (Wildman–Crippen LogP) is 1.54. The molecule has 0 unspecified atom stereocenters. The second kappa shape index (κ2) is 3.19. The molecule has 4 nitrogen and oxygen atoms in total. The van der Waals surface area contributed by atoms with Crippen LogP contribution in [-0.4, -0.2) is 28.0 Å². The van der Waals surface area contributed by atoms with Crippen LogP contribution in [0.3, 0.4) is 0 Å². The van der Waals surface area contributed by atoms with Gasteiger partial charge in [0, 0.05) is 24.3 Å². The Labute approximate surface area is 127 Å². The minimum atomic E-state index is -0.158. The van der Waals surface area contributed by atoms with Crippen molar-refractivity contribution in [3.8, 4) is 5.69 Å². The van der Waals surface area contributed by atoms with Crippen LogP contribution in [0.25, 0.3) is 5.69 Å². The molecule has 2 bridgehead atoms. The number of aromatic nitrogens is 1. The molecule has 6 rings (SSSR count). The Bertz CT molecular complexity index is 944. The van der Waals surface area contributed by atoms with Crippen molar-refractivity contribution in [2.24, 2.45) is 0 Å². The highest BCUT2D eigenvalue weighted by atomic mass is 16.2. The van der Waals surface area contributed by atoms with E-state index in [2.05, 4.69) is 17.0 Å². The van der Waals surface area contributed by atoms with E-state index in [4.69, 9.17) is 0 Å². The third-order valence-electron chi connectivity index (χ3n) is 6.28. The molecule has 0 N–H and O–H groups in total. The van der Waals surface area contributed by atoms with Crippen molar-refractivity contribution in [3.05, 3.63) is 63.6 Å². The van der Waals surface area contributed by atoms with E-state index in [0.717, 1.165) is 36.3 Å². The van der Waals surface area contributed by atoms with E-state index in [1.165, 1.54) is 5.56 Å².